The summed E-state index contributed by atoms with van der Waals surface area (Å²) >= 11 is 0. The van der Waals surface area contributed by atoms with Crippen LogP contribution in [0, 0.1) is 18.8 Å². The number of benzene rings is 1. The van der Waals surface area contributed by atoms with Gasteiger partial charge in [-0.1, -0.05) is 43.7 Å². The summed E-state index contributed by atoms with van der Waals surface area (Å²) in [5, 5.41) is 0. The van der Waals surface area contributed by atoms with E-state index >= 15 is 0 Å². The van der Waals surface area contributed by atoms with Gasteiger partial charge in [-0.05, 0) is 43.7 Å². The largest absolute Gasteiger partial charge is 0.330 e. The highest BCUT2D eigenvalue weighted by molar-refractivity contribution is 5.21. The second-order valence-corrected chi connectivity index (χ2v) is 4.77. The molecule has 1 rings (SSSR count). The Morgan fingerprint density at radius 2 is 1.73 bits per heavy atom. The minimum atomic E-state index is 0.717. The summed E-state index contributed by atoms with van der Waals surface area (Å²) in [4.78, 5) is 0. The van der Waals surface area contributed by atoms with Gasteiger partial charge in [0.2, 0.25) is 0 Å². The van der Waals surface area contributed by atoms with Crippen LogP contribution in [0.3, 0.4) is 0 Å². The van der Waals surface area contributed by atoms with Crippen LogP contribution < -0.4 is 5.73 Å². The van der Waals surface area contributed by atoms with Crippen LogP contribution >= 0.6 is 0 Å². The van der Waals surface area contributed by atoms with Crippen LogP contribution in [0.2, 0.25) is 0 Å². The molecule has 0 radical (unpaired) electrons. The molecule has 0 amide bonds. The second-order valence-electron chi connectivity index (χ2n) is 4.77. The molecule has 84 valence electrons. The Balaban J connectivity index is 2.61. The Morgan fingerprint density at radius 3 is 2.20 bits per heavy atom. The quantitative estimate of drug-likeness (QED) is 0.785. The zero-order valence-corrected chi connectivity index (χ0v) is 10.2. The van der Waals surface area contributed by atoms with E-state index in [-0.39, 0.29) is 0 Å². The van der Waals surface area contributed by atoms with E-state index in [2.05, 4.69) is 45.0 Å². The lowest BCUT2D eigenvalue weighted by atomic mass is 9.86. The molecule has 0 fully saturated rings. The van der Waals surface area contributed by atoms with Crippen molar-refractivity contribution in [2.24, 2.45) is 17.6 Å². The van der Waals surface area contributed by atoms with E-state index in [0.29, 0.717) is 0 Å². The zero-order valence-electron chi connectivity index (χ0n) is 10.2. The number of hydrogen-bond acceptors (Lipinski definition) is 1. The Hall–Kier alpha value is -0.820. The zero-order chi connectivity index (χ0) is 11.3. The Bertz CT molecular complexity index is 274. The molecule has 0 saturated heterocycles. The number of aryl methyl sites for hydroxylation is 1. The van der Waals surface area contributed by atoms with Crippen LogP contribution in [0.4, 0.5) is 0 Å². The van der Waals surface area contributed by atoms with Crippen molar-refractivity contribution in [1.29, 1.82) is 0 Å². The molecule has 1 atom stereocenters. The molecule has 0 aromatic heterocycles. The van der Waals surface area contributed by atoms with E-state index in [9.17, 15) is 0 Å². The molecule has 0 aliphatic rings. The van der Waals surface area contributed by atoms with Crippen molar-refractivity contribution in [3.63, 3.8) is 0 Å². The Kier molecular flexibility index (Phi) is 4.83. The van der Waals surface area contributed by atoms with E-state index in [4.69, 9.17) is 5.73 Å². The summed E-state index contributed by atoms with van der Waals surface area (Å²) < 4.78 is 0. The van der Waals surface area contributed by atoms with Crippen molar-refractivity contribution in [2.45, 2.75) is 33.6 Å². The van der Waals surface area contributed by atoms with Gasteiger partial charge in [0.1, 0.15) is 0 Å². The van der Waals surface area contributed by atoms with Gasteiger partial charge < -0.3 is 5.73 Å². The van der Waals surface area contributed by atoms with Crippen LogP contribution in [0.5, 0.6) is 0 Å². The maximum atomic E-state index is 5.64. The van der Waals surface area contributed by atoms with Crippen LogP contribution in [-0.2, 0) is 6.42 Å². The third-order valence-electron chi connectivity index (χ3n) is 3.10. The van der Waals surface area contributed by atoms with Crippen LogP contribution in [-0.4, -0.2) is 6.54 Å². The minimum Gasteiger partial charge on any atom is -0.330 e. The van der Waals surface area contributed by atoms with Gasteiger partial charge in [0, 0.05) is 0 Å². The summed E-state index contributed by atoms with van der Waals surface area (Å²) in [6.45, 7) is 7.50. The van der Waals surface area contributed by atoms with Crippen molar-refractivity contribution >= 4 is 0 Å². The second kappa shape index (κ2) is 5.92. The lowest BCUT2D eigenvalue weighted by Gasteiger charge is -2.20. The fourth-order valence-electron chi connectivity index (χ4n) is 1.91. The van der Waals surface area contributed by atoms with Crippen LogP contribution in [0.25, 0.3) is 0 Å². The first-order chi connectivity index (χ1) is 7.13. The molecular formula is C14H23N. The molecule has 0 saturated carbocycles. The third-order valence-corrected chi connectivity index (χ3v) is 3.10. The van der Waals surface area contributed by atoms with Gasteiger partial charge in [-0.25, -0.2) is 0 Å². The summed E-state index contributed by atoms with van der Waals surface area (Å²) in [6, 6.07) is 8.85. The van der Waals surface area contributed by atoms with Crippen LogP contribution in [0.1, 0.15) is 31.4 Å². The topological polar surface area (TPSA) is 26.0 Å². The standard InChI is InChI=1S/C14H23N/c1-11(2)14(8-9-15)10-13-6-4-12(3)5-7-13/h4-7,11,14H,8-10,15H2,1-3H3. The van der Waals surface area contributed by atoms with E-state index in [1.54, 1.807) is 0 Å². The van der Waals surface area contributed by atoms with Crippen molar-refractivity contribution in [3.05, 3.63) is 35.4 Å². The van der Waals surface area contributed by atoms with Gasteiger partial charge >= 0.3 is 0 Å². The van der Waals surface area contributed by atoms with E-state index in [1.807, 2.05) is 0 Å². The minimum absolute atomic E-state index is 0.717. The fraction of sp³-hybridized carbons (Fsp3) is 0.571. The highest BCUT2D eigenvalue weighted by Crippen LogP contribution is 2.20. The van der Waals surface area contributed by atoms with Crippen molar-refractivity contribution in [3.8, 4) is 0 Å². The van der Waals surface area contributed by atoms with Crippen LogP contribution in [0.15, 0.2) is 24.3 Å². The fourth-order valence-corrected chi connectivity index (χ4v) is 1.91. The molecule has 1 aromatic carbocycles. The molecule has 1 aromatic rings. The first-order valence-electron chi connectivity index (χ1n) is 5.89. The van der Waals surface area contributed by atoms with Gasteiger partial charge in [0.25, 0.3) is 0 Å². The molecule has 1 unspecified atom stereocenters. The smallest absolute Gasteiger partial charge is 0.00744 e. The van der Waals surface area contributed by atoms with Crippen molar-refractivity contribution < 1.29 is 0 Å². The summed E-state index contributed by atoms with van der Waals surface area (Å²) in [5.74, 6) is 1.44. The predicted molar refractivity (Wildman–Crippen MR) is 66.9 cm³/mol. The van der Waals surface area contributed by atoms with Gasteiger partial charge in [-0.2, -0.15) is 0 Å². The highest BCUT2D eigenvalue weighted by atomic mass is 14.5. The molecule has 15 heavy (non-hydrogen) atoms. The predicted octanol–water partition coefficient (Wildman–Crippen LogP) is 3.16. The van der Waals surface area contributed by atoms with E-state index in [1.165, 1.54) is 11.1 Å². The maximum Gasteiger partial charge on any atom is -0.00744 e. The monoisotopic (exact) mass is 205 g/mol. The number of nitrogens with two attached hydrogens (primary N) is 1. The molecule has 2 N–H and O–H groups in total. The van der Waals surface area contributed by atoms with Crippen molar-refractivity contribution in [1.82, 2.24) is 0 Å². The first-order valence-corrected chi connectivity index (χ1v) is 5.89. The average Bonchev–Trinajstić information content (AvgIpc) is 2.20. The third kappa shape index (κ3) is 4.05. The molecule has 0 spiro atoms. The molecule has 0 bridgehead atoms. The number of rotatable bonds is 5. The molecule has 0 heterocycles. The molecular weight excluding hydrogens is 182 g/mol. The lowest BCUT2D eigenvalue weighted by molar-refractivity contribution is 0.362. The lowest BCUT2D eigenvalue weighted by Crippen LogP contribution is -2.16. The summed E-state index contributed by atoms with van der Waals surface area (Å²) in [6.07, 6.45) is 2.29. The summed E-state index contributed by atoms with van der Waals surface area (Å²) in [7, 11) is 0. The highest BCUT2D eigenvalue weighted by Gasteiger charge is 2.12. The van der Waals surface area contributed by atoms with E-state index < -0.39 is 0 Å². The van der Waals surface area contributed by atoms with Gasteiger partial charge in [0.05, 0.1) is 0 Å². The van der Waals surface area contributed by atoms with Gasteiger partial charge in [0.15, 0.2) is 0 Å². The normalized spacial score (nSPS) is 13.1. The summed E-state index contributed by atoms with van der Waals surface area (Å²) in [5.41, 5.74) is 8.41. The molecule has 0 aliphatic heterocycles. The first kappa shape index (κ1) is 12.3. The Morgan fingerprint density at radius 1 is 1.13 bits per heavy atom. The average molecular weight is 205 g/mol. The van der Waals surface area contributed by atoms with E-state index in [0.717, 1.165) is 31.2 Å². The Labute approximate surface area is 93.7 Å². The maximum absolute atomic E-state index is 5.64. The molecule has 0 aliphatic carbocycles. The molecule has 1 nitrogen and oxygen atoms in total. The SMILES string of the molecule is Cc1ccc(CC(CCN)C(C)C)cc1. The van der Waals surface area contributed by atoms with Gasteiger partial charge in [-0.3, -0.25) is 0 Å². The number of hydrogen-bond donors (Lipinski definition) is 1. The van der Waals surface area contributed by atoms with Gasteiger partial charge in [-0.15, -0.1) is 0 Å². The van der Waals surface area contributed by atoms with Crippen molar-refractivity contribution in [2.75, 3.05) is 6.54 Å². The molecule has 1 heteroatoms.